The minimum atomic E-state index is -0.874. The predicted molar refractivity (Wildman–Crippen MR) is 220 cm³/mol. The molecule has 0 aliphatic carbocycles. The number of nitrogens with zero attached hydrogens (tertiary/aromatic N) is 1. The van der Waals surface area contributed by atoms with Gasteiger partial charge in [0.25, 0.3) is 0 Å². The highest BCUT2D eigenvalue weighted by Crippen LogP contribution is 2.16. The normalized spacial score (nSPS) is 11.9. The molecule has 0 aromatic heterocycles. The van der Waals surface area contributed by atoms with Gasteiger partial charge < -0.3 is 24.6 Å². The fourth-order valence-electron chi connectivity index (χ4n) is 6.52. The Hall–Kier alpha value is -1.91. The molecule has 10 heteroatoms. The van der Waals surface area contributed by atoms with Crippen molar-refractivity contribution in [3.05, 3.63) is 0 Å². The van der Waals surface area contributed by atoms with E-state index < -0.39 is 12.2 Å². The number of aliphatic hydroxyl groups is 1. The zero-order valence-electron chi connectivity index (χ0n) is 35.5. The molecule has 0 aromatic carbocycles. The Morgan fingerprint density at radius 2 is 0.870 bits per heavy atom. The zero-order valence-corrected chi connectivity index (χ0v) is 35.5. The molecular weight excluding hydrogens is 684 g/mol. The second kappa shape index (κ2) is 42.2. The van der Waals surface area contributed by atoms with E-state index in [2.05, 4.69) is 19.2 Å². The summed E-state index contributed by atoms with van der Waals surface area (Å²) in [5.74, 6) is -0.708. The van der Waals surface area contributed by atoms with Crippen LogP contribution in [0.2, 0.25) is 0 Å². The number of carbonyl (C=O) groups is 3. The van der Waals surface area contributed by atoms with Crippen molar-refractivity contribution in [2.45, 2.75) is 225 Å². The Kier molecular flexibility index (Phi) is 40.7. The van der Waals surface area contributed by atoms with Crippen molar-refractivity contribution < 1.29 is 38.5 Å². The summed E-state index contributed by atoms with van der Waals surface area (Å²) in [6, 6.07) is 0. The number of alkyl carbamates (subject to hydrolysis) is 1. The topological polar surface area (TPSA) is 124 Å². The number of esters is 2. The number of hydroxylamine groups is 2. The van der Waals surface area contributed by atoms with Crippen LogP contribution in [0, 0.1) is 0 Å². The van der Waals surface area contributed by atoms with E-state index >= 15 is 0 Å². The largest absolute Gasteiger partial charge is 0.462 e. The average Bonchev–Trinajstić information content (AvgIpc) is 3.17. The van der Waals surface area contributed by atoms with Gasteiger partial charge in [-0.25, -0.2) is 4.79 Å². The summed E-state index contributed by atoms with van der Waals surface area (Å²) in [6.07, 6.45) is 36.8. The lowest BCUT2D eigenvalue weighted by atomic mass is 10.0. The fourth-order valence-corrected chi connectivity index (χ4v) is 6.52. The second-order valence-corrected chi connectivity index (χ2v) is 15.3. The number of hydrogen-bond acceptors (Lipinski definition) is 9. The molecule has 0 aliphatic rings. The molecule has 0 fully saturated rings. The number of unbranched alkanes of at least 4 members (excludes halogenated alkanes) is 28. The van der Waals surface area contributed by atoms with Gasteiger partial charge in [0.1, 0.15) is 19.9 Å². The first-order valence-corrected chi connectivity index (χ1v) is 22.6. The maximum absolute atomic E-state index is 12.6. The van der Waals surface area contributed by atoms with Gasteiger partial charge >= 0.3 is 18.0 Å². The van der Waals surface area contributed by atoms with E-state index in [0.717, 1.165) is 38.5 Å². The standard InChI is InChI=1S/C44H86N2O8/c1-4-6-8-10-12-14-16-18-20-22-24-26-28-30-32-34-42(48)51-38-41(39-52-44(50)45-36-37-53-46(3)40-47)54-43(49)35-33-31-29-27-25-23-21-19-17-15-13-11-9-7-5-2/h41,47H,4-40H2,1-3H3,(H,45,50). The van der Waals surface area contributed by atoms with Crippen LogP contribution in [0.5, 0.6) is 0 Å². The Bertz CT molecular complexity index is 830. The van der Waals surface area contributed by atoms with Crippen molar-refractivity contribution in [2.75, 3.05) is 40.1 Å². The van der Waals surface area contributed by atoms with Gasteiger partial charge in [0, 0.05) is 26.4 Å². The van der Waals surface area contributed by atoms with Crippen molar-refractivity contribution in [2.24, 2.45) is 0 Å². The Labute approximate surface area is 331 Å². The highest BCUT2D eigenvalue weighted by atomic mass is 16.7. The zero-order chi connectivity index (χ0) is 39.6. The first-order valence-electron chi connectivity index (χ1n) is 22.6. The second-order valence-electron chi connectivity index (χ2n) is 15.3. The van der Waals surface area contributed by atoms with Crippen LogP contribution in [0.3, 0.4) is 0 Å². The summed E-state index contributed by atoms with van der Waals surface area (Å²) in [4.78, 5) is 42.5. The van der Waals surface area contributed by atoms with Crippen LogP contribution >= 0.6 is 0 Å². The summed E-state index contributed by atoms with van der Waals surface area (Å²) in [5.41, 5.74) is 0. The molecule has 1 amide bonds. The third kappa shape index (κ3) is 39.8. The maximum Gasteiger partial charge on any atom is 0.407 e. The van der Waals surface area contributed by atoms with Crippen molar-refractivity contribution in [3.8, 4) is 0 Å². The van der Waals surface area contributed by atoms with Gasteiger partial charge in [0.15, 0.2) is 6.10 Å². The number of hydrogen-bond donors (Lipinski definition) is 2. The molecule has 0 spiro atoms. The van der Waals surface area contributed by atoms with Crippen molar-refractivity contribution in [3.63, 3.8) is 0 Å². The molecule has 10 nitrogen and oxygen atoms in total. The van der Waals surface area contributed by atoms with Gasteiger partial charge in [-0.1, -0.05) is 194 Å². The Morgan fingerprint density at radius 3 is 1.26 bits per heavy atom. The van der Waals surface area contributed by atoms with Crippen molar-refractivity contribution in [1.29, 1.82) is 0 Å². The minimum Gasteiger partial charge on any atom is -0.462 e. The van der Waals surface area contributed by atoms with E-state index in [0.29, 0.717) is 6.42 Å². The maximum atomic E-state index is 12.6. The van der Waals surface area contributed by atoms with Crippen LogP contribution in [-0.4, -0.2) is 74.4 Å². The molecule has 1 unspecified atom stereocenters. The number of rotatable bonds is 42. The third-order valence-corrected chi connectivity index (χ3v) is 9.98. The van der Waals surface area contributed by atoms with E-state index in [1.807, 2.05) is 0 Å². The Balaban J connectivity index is 4.21. The Morgan fingerprint density at radius 1 is 0.519 bits per heavy atom. The number of ether oxygens (including phenoxy) is 3. The van der Waals surface area contributed by atoms with E-state index in [1.165, 1.54) is 159 Å². The van der Waals surface area contributed by atoms with E-state index in [9.17, 15) is 14.4 Å². The first kappa shape index (κ1) is 52.1. The van der Waals surface area contributed by atoms with E-state index in [-0.39, 0.29) is 51.5 Å². The lowest BCUT2D eigenvalue weighted by Crippen LogP contribution is -2.35. The summed E-state index contributed by atoms with van der Waals surface area (Å²) < 4.78 is 16.3. The van der Waals surface area contributed by atoms with Gasteiger partial charge in [-0.3, -0.25) is 14.4 Å². The smallest absolute Gasteiger partial charge is 0.407 e. The predicted octanol–water partition coefficient (Wildman–Crippen LogP) is 11.5. The van der Waals surface area contributed by atoms with Crippen LogP contribution in [0.4, 0.5) is 4.79 Å². The molecule has 0 heterocycles. The lowest BCUT2D eigenvalue weighted by molar-refractivity contribution is -0.176. The van der Waals surface area contributed by atoms with Crippen LogP contribution in [0.1, 0.15) is 219 Å². The van der Waals surface area contributed by atoms with Gasteiger partial charge in [0.05, 0.1) is 6.61 Å². The SMILES string of the molecule is CCCCCCCCCCCCCCCCCC(=O)OCC(COC(=O)NCCON(C)CO)OC(=O)CCCCCCCCCCCCCCCCC. The molecule has 54 heavy (non-hydrogen) atoms. The molecular formula is C44H86N2O8. The van der Waals surface area contributed by atoms with Gasteiger partial charge in [-0.15, -0.1) is 0 Å². The van der Waals surface area contributed by atoms with Gasteiger partial charge in [-0.05, 0) is 12.8 Å². The summed E-state index contributed by atoms with van der Waals surface area (Å²) in [6.45, 7) is 4.20. The highest BCUT2D eigenvalue weighted by Gasteiger charge is 2.19. The summed E-state index contributed by atoms with van der Waals surface area (Å²) in [5, 5.41) is 12.8. The molecule has 0 radical (unpaired) electrons. The lowest BCUT2D eigenvalue weighted by Gasteiger charge is -2.18. The van der Waals surface area contributed by atoms with Crippen molar-refractivity contribution in [1.82, 2.24) is 10.4 Å². The quantitative estimate of drug-likeness (QED) is 0.0205. The van der Waals surface area contributed by atoms with E-state index in [4.69, 9.17) is 24.2 Å². The molecule has 0 saturated carbocycles. The molecule has 1 atom stereocenters. The monoisotopic (exact) mass is 771 g/mol. The van der Waals surface area contributed by atoms with Crippen LogP contribution in [-0.2, 0) is 28.6 Å². The number of amides is 1. The summed E-state index contributed by atoms with van der Waals surface area (Å²) in [7, 11) is 1.57. The molecule has 2 N–H and O–H groups in total. The molecule has 320 valence electrons. The van der Waals surface area contributed by atoms with Gasteiger partial charge in [0.2, 0.25) is 0 Å². The van der Waals surface area contributed by atoms with Crippen molar-refractivity contribution >= 4 is 18.0 Å². The number of aliphatic hydroxyl groups excluding tert-OH is 1. The summed E-state index contributed by atoms with van der Waals surface area (Å²) >= 11 is 0. The molecule has 0 aliphatic heterocycles. The highest BCUT2D eigenvalue weighted by molar-refractivity contribution is 5.70. The molecule has 0 rings (SSSR count). The average molecular weight is 771 g/mol. The molecule has 0 bridgehead atoms. The third-order valence-electron chi connectivity index (χ3n) is 9.98. The first-order chi connectivity index (χ1) is 26.4. The minimum absolute atomic E-state index is 0.153. The van der Waals surface area contributed by atoms with Crippen LogP contribution in [0.15, 0.2) is 0 Å². The number of carbonyl (C=O) groups excluding carboxylic acids is 3. The molecule has 0 saturated heterocycles. The number of nitrogens with one attached hydrogen (secondary N) is 1. The fraction of sp³-hybridized carbons (Fsp3) is 0.932. The van der Waals surface area contributed by atoms with Gasteiger partial charge in [-0.2, -0.15) is 5.06 Å². The van der Waals surface area contributed by atoms with Crippen LogP contribution in [0.25, 0.3) is 0 Å². The van der Waals surface area contributed by atoms with E-state index in [1.54, 1.807) is 7.05 Å². The van der Waals surface area contributed by atoms with Crippen LogP contribution < -0.4 is 5.32 Å². The molecule has 0 aromatic rings.